The van der Waals surface area contributed by atoms with Crippen molar-refractivity contribution in [1.29, 1.82) is 0 Å². The van der Waals surface area contributed by atoms with E-state index in [2.05, 4.69) is 97.6 Å². The Bertz CT molecular complexity index is 1030. The van der Waals surface area contributed by atoms with E-state index in [1.54, 1.807) is 0 Å². The first kappa shape index (κ1) is 30.1. The van der Waals surface area contributed by atoms with E-state index in [1.165, 1.54) is 17.0 Å². The summed E-state index contributed by atoms with van der Waals surface area (Å²) in [5.74, 6) is 1.20. The summed E-state index contributed by atoms with van der Waals surface area (Å²) in [6.45, 7) is 7.45. The molecule has 0 aliphatic rings. The van der Waals surface area contributed by atoms with E-state index in [4.69, 9.17) is 19.4 Å². The molecule has 0 aliphatic heterocycles. The van der Waals surface area contributed by atoms with E-state index in [0.29, 0.717) is 0 Å². The zero-order chi connectivity index (χ0) is 25.2. The van der Waals surface area contributed by atoms with E-state index in [-0.39, 0.29) is 0 Å². The van der Waals surface area contributed by atoms with E-state index in [0.717, 1.165) is 75.6 Å². The first-order chi connectivity index (χ1) is 15.7. The number of halogens is 2. The third-order valence-electron chi connectivity index (χ3n) is 5.57. The quantitative estimate of drug-likeness (QED) is 0.151. The van der Waals surface area contributed by atoms with E-state index in [9.17, 15) is 0 Å². The molecule has 174 valence electrons. The molecular formula is C23H34Cl2N6Zn2. The number of azo groups is 1. The summed E-state index contributed by atoms with van der Waals surface area (Å²) >= 11 is 1.69. The summed E-state index contributed by atoms with van der Waals surface area (Å²) in [7, 11) is 20.4. The molecule has 3 aromatic rings. The van der Waals surface area contributed by atoms with Crippen molar-refractivity contribution in [2.24, 2.45) is 24.3 Å². The maximum atomic E-state index is 4.76. The summed E-state index contributed by atoms with van der Waals surface area (Å²) in [5.41, 5.74) is 5.31. The number of quaternary nitrogens is 1. The second-order valence-electron chi connectivity index (χ2n) is 8.65. The number of rotatable bonds is 7. The SMILES string of the molecule is CCN(CC[N+](C)(C)C)c1ccc(N=Nc2ccc3c(c2)[n+](C)c(C)n3C)cc1.[Cl][Zn-].[Cl][Zn-]. The predicted molar refractivity (Wildman–Crippen MR) is 132 cm³/mol. The van der Waals surface area contributed by atoms with Crippen LogP contribution in [0.1, 0.15) is 12.7 Å². The summed E-state index contributed by atoms with van der Waals surface area (Å²) in [5, 5.41) is 8.90. The average molecular weight is 596 g/mol. The number of nitrogens with zero attached hydrogens (tertiary/aromatic N) is 6. The van der Waals surface area contributed by atoms with Gasteiger partial charge in [-0.25, -0.2) is 9.13 Å². The van der Waals surface area contributed by atoms with Crippen molar-refractivity contribution in [2.45, 2.75) is 13.8 Å². The fourth-order valence-corrected chi connectivity index (χ4v) is 3.44. The van der Waals surface area contributed by atoms with Crippen LogP contribution >= 0.6 is 19.4 Å². The summed E-state index contributed by atoms with van der Waals surface area (Å²) in [6.07, 6.45) is 0. The minimum absolute atomic E-state index is 0.847. The Kier molecular flexibility index (Phi) is 13.2. The van der Waals surface area contributed by atoms with E-state index < -0.39 is 0 Å². The molecule has 0 unspecified atom stereocenters. The predicted octanol–water partition coefficient (Wildman–Crippen LogP) is 5.63. The van der Waals surface area contributed by atoms with Gasteiger partial charge in [-0.3, -0.25) is 0 Å². The molecule has 0 aliphatic carbocycles. The number of anilines is 1. The van der Waals surface area contributed by atoms with Gasteiger partial charge in [-0.05, 0) is 43.3 Å². The van der Waals surface area contributed by atoms with Crippen LogP contribution in [0.5, 0.6) is 0 Å². The summed E-state index contributed by atoms with van der Waals surface area (Å²) in [4.78, 5) is 2.40. The number of hydrogen-bond donors (Lipinski definition) is 0. The molecule has 0 N–H and O–H groups in total. The molecule has 1 heterocycles. The summed E-state index contributed by atoms with van der Waals surface area (Å²) in [6, 6.07) is 14.6. The van der Waals surface area contributed by atoms with E-state index >= 15 is 0 Å². The van der Waals surface area contributed by atoms with Gasteiger partial charge in [-0.2, -0.15) is 10.2 Å². The van der Waals surface area contributed by atoms with Crippen molar-refractivity contribution < 1.29 is 43.7 Å². The fourth-order valence-electron chi connectivity index (χ4n) is 3.44. The Morgan fingerprint density at radius 1 is 0.970 bits per heavy atom. The van der Waals surface area contributed by atoms with Crippen LogP contribution in [0, 0.1) is 6.92 Å². The molecule has 3 rings (SSSR count). The van der Waals surface area contributed by atoms with Crippen LogP contribution in [-0.2, 0) is 48.7 Å². The average Bonchev–Trinajstić information content (AvgIpc) is 3.04. The van der Waals surface area contributed by atoms with Crippen molar-refractivity contribution in [2.75, 3.05) is 45.7 Å². The van der Waals surface area contributed by atoms with Crippen LogP contribution in [0.15, 0.2) is 52.7 Å². The second kappa shape index (κ2) is 14.5. The van der Waals surface area contributed by atoms with Gasteiger partial charge in [-0.1, -0.05) is 0 Å². The topological polar surface area (TPSA) is 36.8 Å². The molecule has 0 amide bonds. The molecule has 0 fully saturated rings. The van der Waals surface area contributed by atoms with Gasteiger partial charge in [0.2, 0.25) is 0 Å². The molecule has 1 aromatic heterocycles. The molecular weight excluding hydrogens is 562 g/mol. The maximum absolute atomic E-state index is 4.76. The van der Waals surface area contributed by atoms with Crippen molar-refractivity contribution >= 4 is 47.5 Å². The van der Waals surface area contributed by atoms with Crippen LogP contribution < -0.4 is 9.47 Å². The van der Waals surface area contributed by atoms with Gasteiger partial charge in [0.25, 0.3) is 5.82 Å². The molecule has 0 saturated carbocycles. The van der Waals surface area contributed by atoms with Crippen LogP contribution in [0.3, 0.4) is 0 Å². The van der Waals surface area contributed by atoms with Crippen molar-refractivity contribution in [3.05, 3.63) is 48.3 Å². The number of benzene rings is 2. The number of hydrogen-bond acceptors (Lipinski definition) is 3. The Labute approximate surface area is 226 Å². The Hall–Kier alpha value is -0.903. The molecule has 0 bridgehead atoms. The first-order valence-electron chi connectivity index (χ1n) is 10.8. The molecule has 0 atom stereocenters. The Morgan fingerprint density at radius 2 is 1.52 bits per heavy atom. The van der Waals surface area contributed by atoms with Crippen molar-refractivity contribution in [3.8, 4) is 0 Å². The van der Waals surface area contributed by atoms with Gasteiger partial charge >= 0.3 is 54.0 Å². The number of fused-ring (bicyclic) bond motifs is 1. The number of aromatic nitrogens is 2. The van der Waals surface area contributed by atoms with Gasteiger partial charge in [0.05, 0.1) is 59.7 Å². The monoisotopic (exact) mass is 592 g/mol. The zero-order valence-corrected chi connectivity index (χ0v) is 28.5. The zero-order valence-electron chi connectivity index (χ0n) is 21.0. The normalized spacial score (nSPS) is 11.0. The van der Waals surface area contributed by atoms with Crippen LogP contribution in [0.2, 0.25) is 0 Å². The second-order valence-corrected chi connectivity index (χ2v) is 8.65. The fraction of sp³-hybridized carbons (Fsp3) is 0.435. The Morgan fingerprint density at radius 3 is 2.06 bits per heavy atom. The molecule has 2 aromatic carbocycles. The molecule has 33 heavy (non-hydrogen) atoms. The van der Waals surface area contributed by atoms with E-state index in [1.807, 2.05) is 18.2 Å². The number of likely N-dealkylation sites (N-methyl/N-ethyl adjacent to an activating group) is 2. The standard InChI is InChI=1S/C23H34N6.2ClH.2Zn/c1-8-28(15-16-29(5,6)7)21-12-9-19(10-13-21)24-25-20-11-14-22-23(17-20)27(4)18(2)26(22)3;;;;/h9-14,17H,8,15-16H2,1-7H3;2*1H;;/q+2;;;;/p-2. The number of imidazole rings is 1. The van der Waals surface area contributed by atoms with Gasteiger partial charge in [0, 0.05) is 25.2 Å². The Balaban J connectivity index is 0.00000129. The van der Waals surface area contributed by atoms with Gasteiger partial charge in [-0.15, -0.1) is 0 Å². The van der Waals surface area contributed by atoms with Crippen molar-refractivity contribution in [1.82, 2.24) is 4.57 Å². The third-order valence-corrected chi connectivity index (χ3v) is 5.57. The van der Waals surface area contributed by atoms with Gasteiger partial charge < -0.3 is 9.38 Å². The van der Waals surface area contributed by atoms with Crippen LogP contribution in [0.4, 0.5) is 17.1 Å². The molecule has 6 nitrogen and oxygen atoms in total. The molecule has 0 radical (unpaired) electrons. The first-order valence-corrected chi connectivity index (χ1v) is 18.5. The number of aryl methyl sites for hydroxylation is 2. The van der Waals surface area contributed by atoms with Gasteiger partial charge in [0.15, 0.2) is 11.0 Å². The molecule has 10 heteroatoms. The summed E-state index contributed by atoms with van der Waals surface area (Å²) < 4.78 is 5.33. The third kappa shape index (κ3) is 8.67. The van der Waals surface area contributed by atoms with Crippen LogP contribution in [0.25, 0.3) is 11.0 Å². The minimum atomic E-state index is 0.847. The molecule has 0 spiro atoms. The van der Waals surface area contributed by atoms with Crippen molar-refractivity contribution in [3.63, 3.8) is 0 Å². The van der Waals surface area contributed by atoms with Crippen LogP contribution in [-0.4, -0.2) is 49.8 Å². The molecule has 0 saturated heterocycles. The van der Waals surface area contributed by atoms with Gasteiger partial charge in [0.1, 0.15) is 0 Å².